The largest absolute Gasteiger partial charge is 0.506 e. The lowest BCUT2D eigenvalue weighted by molar-refractivity contribution is -0.384. The van der Waals surface area contributed by atoms with Crippen LogP contribution in [0, 0.1) is 21.4 Å². The lowest BCUT2D eigenvalue weighted by Gasteiger charge is -2.08. The molecular weight excluding hydrogens is 418 g/mol. The van der Waals surface area contributed by atoms with Crippen molar-refractivity contribution in [3.8, 4) is 17.6 Å². The average molecular weight is 432 g/mol. The van der Waals surface area contributed by atoms with Gasteiger partial charge in [0.15, 0.2) is 0 Å². The fraction of sp³-hybridized carbons (Fsp3) is 0.111. The van der Waals surface area contributed by atoms with E-state index in [0.717, 1.165) is 12.1 Å². The number of ether oxygens (including phenoxy) is 1. The summed E-state index contributed by atoms with van der Waals surface area (Å²) in [6.45, 7) is 2.35. The number of nitriles is 1. The van der Waals surface area contributed by atoms with Crippen LogP contribution in [0.1, 0.15) is 12.5 Å². The molecule has 0 saturated heterocycles. The summed E-state index contributed by atoms with van der Waals surface area (Å²) in [5.74, 6) is -0.598. The molecule has 2 rings (SSSR count). The third kappa shape index (κ3) is 5.05. The van der Waals surface area contributed by atoms with Gasteiger partial charge < -0.3 is 15.2 Å². The van der Waals surface area contributed by atoms with Gasteiger partial charge in [-0.2, -0.15) is 5.26 Å². The number of nitro groups is 1. The number of nitrogens with one attached hydrogen (secondary N) is 1. The van der Waals surface area contributed by atoms with Crippen molar-refractivity contribution in [3.05, 3.63) is 62.1 Å². The predicted octanol–water partition coefficient (Wildman–Crippen LogP) is 4.01. The quantitative estimate of drug-likeness (QED) is 0.234. The van der Waals surface area contributed by atoms with Gasteiger partial charge in [0, 0.05) is 6.07 Å². The number of non-ortho nitro benzene ring substituents is 1. The first kappa shape index (κ1) is 19.9. The molecule has 9 heteroatoms. The Balaban J connectivity index is 2.23. The number of amides is 1. The molecule has 0 aliphatic carbocycles. The summed E-state index contributed by atoms with van der Waals surface area (Å²) >= 11 is 3.35. The molecule has 0 aliphatic heterocycles. The van der Waals surface area contributed by atoms with Gasteiger partial charge in [-0.3, -0.25) is 14.9 Å². The maximum absolute atomic E-state index is 12.3. The molecule has 0 saturated carbocycles. The summed E-state index contributed by atoms with van der Waals surface area (Å²) in [7, 11) is 0. The minimum atomic E-state index is -0.758. The van der Waals surface area contributed by atoms with Crippen LogP contribution in [-0.2, 0) is 4.79 Å². The number of hydrogen-bond acceptors (Lipinski definition) is 6. The fourth-order valence-electron chi connectivity index (χ4n) is 2.12. The number of nitro benzene ring substituents is 1. The molecular formula is C18H14BrN3O5. The van der Waals surface area contributed by atoms with Crippen LogP contribution in [0.4, 0.5) is 11.4 Å². The lowest BCUT2D eigenvalue weighted by atomic mass is 10.1. The normalized spacial score (nSPS) is 10.8. The molecule has 138 valence electrons. The molecule has 2 aromatic carbocycles. The van der Waals surface area contributed by atoms with Crippen LogP contribution in [0.25, 0.3) is 6.08 Å². The Morgan fingerprint density at radius 2 is 2.15 bits per heavy atom. The number of phenolic OH excluding ortho intramolecular Hbond substituents is 1. The van der Waals surface area contributed by atoms with Crippen LogP contribution in [0.15, 0.2) is 46.4 Å². The van der Waals surface area contributed by atoms with Gasteiger partial charge in [0.05, 0.1) is 27.8 Å². The number of aromatic hydroxyl groups is 1. The summed E-state index contributed by atoms with van der Waals surface area (Å²) in [6, 6.07) is 10.1. The minimum Gasteiger partial charge on any atom is -0.506 e. The topological polar surface area (TPSA) is 125 Å². The highest BCUT2D eigenvalue weighted by molar-refractivity contribution is 9.10. The number of anilines is 1. The van der Waals surface area contributed by atoms with Crippen molar-refractivity contribution in [1.29, 1.82) is 5.26 Å². The van der Waals surface area contributed by atoms with Crippen LogP contribution in [0.2, 0.25) is 0 Å². The van der Waals surface area contributed by atoms with Gasteiger partial charge in [-0.1, -0.05) is 6.07 Å². The number of hydrogen-bond donors (Lipinski definition) is 2. The molecule has 0 aromatic heterocycles. The van der Waals surface area contributed by atoms with Crippen molar-refractivity contribution < 1.29 is 19.6 Å². The zero-order valence-electron chi connectivity index (χ0n) is 14.1. The second kappa shape index (κ2) is 8.82. The zero-order valence-corrected chi connectivity index (χ0v) is 15.7. The van der Waals surface area contributed by atoms with E-state index < -0.39 is 16.6 Å². The Labute approximate surface area is 163 Å². The molecule has 0 fully saturated rings. The second-order valence-corrected chi connectivity index (χ2v) is 6.06. The Bertz CT molecular complexity index is 966. The monoisotopic (exact) mass is 431 g/mol. The van der Waals surface area contributed by atoms with E-state index in [1.165, 1.54) is 12.1 Å². The molecule has 0 heterocycles. The third-order valence-electron chi connectivity index (χ3n) is 3.37. The van der Waals surface area contributed by atoms with E-state index in [0.29, 0.717) is 22.4 Å². The Morgan fingerprint density at radius 3 is 2.70 bits per heavy atom. The average Bonchev–Trinajstić information content (AvgIpc) is 2.63. The van der Waals surface area contributed by atoms with Crippen molar-refractivity contribution in [2.45, 2.75) is 6.92 Å². The van der Waals surface area contributed by atoms with Crippen LogP contribution in [0.3, 0.4) is 0 Å². The molecule has 0 spiro atoms. The van der Waals surface area contributed by atoms with Crippen molar-refractivity contribution in [3.63, 3.8) is 0 Å². The van der Waals surface area contributed by atoms with E-state index >= 15 is 0 Å². The first-order valence-corrected chi connectivity index (χ1v) is 8.48. The second-order valence-electron chi connectivity index (χ2n) is 5.21. The van der Waals surface area contributed by atoms with Crippen molar-refractivity contribution in [2.75, 3.05) is 11.9 Å². The van der Waals surface area contributed by atoms with Gasteiger partial charge in [0.25, 0.3) is 11.6 Å². The highest BCUT2D eigenvalue weighted by atomic mass is 79.9. The first-order chi connectivity index (χ1) is 12.8. The highest BCUT2D eigenvalue weighted by Crippen LogP contribution is 2.29. The summed E-state index contributed by atoms with van der Waals surface area (Å²) < 4.78 is 6.07. The predicted molar refractivity (Wildman–Crippen MR) is 102 cm³/mol. The van der Waals surface area contributed by atoms with Gasteiger partial charge in [0.2, 0.25) is 0 Å². The molecule has 0 unspecified atom stereocenters. The van der Waals surface area contributed by atoms with Crippen molar-refractivity contribution >= 4 is 39.3 Å². The number of rotatable bonds is 6. The summed E-state index contributed by atoms with van der Waals surface area (Å²) in [5, 5.41) is 32.1. The first-order valence-electron chi connectivity index (χ1n) is 7.68. The molecule has 27 heavy (non-hydrogen) atoms. The molecule has 2 N–H and O–H groups in total. The van der Waals surface area contributed by atoms with Gasteiger partial charge in [0.1, 0.15) is 23.1 Å². The van der Waals surface area contributed by atoms with Crippen molar-refractivity contribution in [1.82, 2.24) is 0 Å². The number of carbonyl (C=O) groups is 1. The minimum absolute atomic E-state index is 0.0420. The number of halogens is 1. The summed E-state index contributed by atoms with van der Waals surface area (Å²) in [6.07, 6.45) is 1.37. The zero-order chi connectivity index (χ0) is 20.0. The summed E-state index contributed by atoms with van der Waals surface area (Å²) in [4.78, 5) is 22.3. The van der Waals surface area contributed by atoms with E-state index in [1.54, 1.807) is 24.3 Å². The molecule has 8 nitrogen and oxygen atoms in total. The Kier molecular flexibility index (Phi) is 6.51. The lowest BCUT2D eigenvalue weighted by Crippen LogP contribution is -2.13. The van der Waals surface area contributed by atoms with Gasteiger partial charge in [-0.25, -0.2) is 0 Å². The van der Waals surface area contributed by atoms with Crippen molar-refractivity contribution in [2.24, 2.45) is 0 Å². The Hall–Kier alpha value is -3.38. The van der Waals surface area contributed by atoms with Gasteiger partial charge in [-0.05, 0) is 52.7 Å². The van der Waals surface area contributed by atoms with E-state index in [4.69, 9.17) is 4.74 Å². The van der Waals surface area contributed by atoms with E-state index in [2.05, 4.69) is 21.2 Å². The van der Waals surface area contributed by atoms with E-state index in [9.17, 15) is 25.3 Å². The number of phenols is 1. The van der Waals surface area contributed by atoms with Crippen LogP contribution in [0.5, 0.6) is 11.5 Å². The van der Waals surface area contributed by atoms with E-state index in [-0.39, 0.29) is 16.9 Å². The van der Waals surface area contributed by atoms with Crippen LogP contribution >= 0.6 is 15.9 Å². The number of benzene rings is 2. The van der Waals surface area contributed by atoms with Crippen LogP contribution < -0.4 is 10.1 Å². The SMILES string of the molecule is CCOc1ccc(/C=C(\C#N)C(=O)Nc2ccc([N+](=O)[O-])cc2O)cc1Br. The standard InChI is InChI=1S/C18H14BrN3O5/c1-2-27-17-6-3-11(8-14(17)19)7-12(10-20)18(24)21-15-5-4-13(22(25)26)9-16(15)23/h3-9,23H,2H2,1H3,(H,21,24)/b12-7+. The Morgan fingerprint density at radius 1 is 1.41 bits per heavy atom. The molecule has 0 atom stereocenters. The molecule has 0 bridgehead atoms. The molecule has 2 aromatic rings. The number of carbonyl (C=O) groups excluding carboxylic acids is 1. The van der Waals surface area contributed by atoms with Gasteiger partial charge in [-0.15, -0.1) is 0 Å². The molecule has 0 aliphatic rings. The third-order valence-corrected chi connectivity index (χ3v) is 3.99. The maximum Gasteiger partial charge on any atom is 0.273 e. The fourth-order valence-corrected chi connectivity index (χ4v) is 2.63. The maximum atomic E-state index is 12.3. The molecule has 0 radical (unpaired) electrons. The van der Waals surface area contributed by atoms with Crippen LogP contribution in [-0.4, -0.2) is 22.5 Å². The van der Waals surface area contributed by atoms with E-state index in [1.807, 2.05) is 6.92 Å². The number of nitrogens with zero attached hydrogens (tertiary/aromatic N) is 2. The van der Waals surface area contributed by atoms with Gasteiger partial charge >= 0.3 is 0 Å². The molecule has 1 amide bonds. The smallest absolute Gasteiger partial charge is 0.273 e. The summed E-state index contributed by atoms with van der Waals surface area (Å²) in [5.41, 5.74) is 0.0224. The highest BCUT2D eigenvalue weighted by Gasteiger charge is 2.15.